The molecule has 0 spiro atoms. The van der Waals surface area contributed by atoms with Gasteiger partial charge in [0.05, 0.1) is 5.69 Å². The molecule has 0 fully saturated rings. The fourth-order valence-electron chi connectivity index (χ4n) is 4.14. The first kappa shape index (κ1) is 25.5. The van der Waals surface area contributed by atoms with Gasteiger partial charge in [-0.25, -0.2) is 4.79 Å². The number of hydrogen-bond donors (Lipinski definition) is 2. The van der Waals surface area contributed by atoms with Crippen molar-refractivity contribution in [1.29, 1.82) is 0 Å². The van der Waals surface area contributed by atoms with Crippen LogP contribution in [0.25, 0.3) is 10.8 Å². The molecule has 0 bridgehead atoms. The number of carbonyl (C=O) groups excluding carboxylic acids is 1. The molecule has 3 rings (SSSR count). The van der Waals surface area contributed by atoms with Crippen molar-refractivity contribution in [3.8, 4) is 0 Å². The van der Waals surface area contributed by atoms with E-state index in [0.717, 1.165) is 31.4 Å². The molecular weight excluding hydrogens is 424 g/mol. The van der Waals surface area contributed by atoms with Crippen LogP contribution < -0.4 is 16.2 Å². The van der Waals surface area contributed by atoms with Crippen molar-refractivity contribution >= 4 is 22.5 Å². The van der Waals surface area contributed by atoms with Crippen LogP contribution in [0, 0.1) is 5.92 Å². The summed E-state index contributed by atoms with van der Waals surface area (Å²) in [5, 5.41) is 7.33. The van der Waals surface area contributed by atoms with Gasteiger partial charge in [-0.3, -0.25) is 9.69 Å². The van der Waals surface area contributed by atoms with Crippen molar-refractivity contribution in [3.05, 3.63) is 76.7 Å². The van der Waals surface area contributed by atoms with Crippen molar-refractivity contribution in [2.75, 3.05) is 25.0 Å². The van der Waals surface area contributed by atoms with Crippen molar-refractivity contribution in [2.24, 2.45) is 5.92 Å². The number of urea groups is 1. The van der Waals surface area contributed by atoms with E-state index in [1.54, 1.807) is 10.8 Å². The average molecular weight is 463 g/mol. The van der Waals surface area contributed by atoms with E-state index < -0.39 is 0 Å². The van der Waals surface area contributed by atoms with E-state index in [-0.39, 0.29) is 11.6 Å². The fourth-order valence-corrected chi connectivity index (χ4v) is 4.14. The van der Waals surface area contributed by atoms with Gasteiger partial charge in [0.1, 0.15) is 0 Å². The zero-order valence-electron chi connectivity index (χ0n) is 20.7. The molecule has 2 aromatic carbocycles. The first-order valence-corrected chi connectivity index (χ1v) is 12.4. The molecular formula is C28H38N4O2. The number of pyridine rings is 1. The molecule has 34 heavy (non-hydrogen) atoms. The van der Waals surface area contributed by atoms with Gasteiger partial charge < -0.3 is 15.2 Å². The molecule has 2 N–H and O–H groups in total. The van der Waals surface area contributed by atoms with Crippen LogP contribution in [-0.4, -0.2) is 35.1 Å². The van der Waals surface area contributed by atoms with Crippen molar-refractivity contribution in [2.45, 2.75) is 53.1 Å². The topological polar surface area (TPSA) is 66.4 Å². The van der Waals surface area contributed by atoms with Crippen LogP contribution in [0.15, 0.2) is 65.6 Å². The van der Waals surface area contributed by atoms with Crippen LogP contribution in [0.1, 0.15) is 45.6 Å². The lowest BCUT2D eigenvalue weighted by Gasteiger charge is -2.22. The van der Waals surface area contributed by atoms with Gasteiger partial charge in [-0.1, -0.05) is 75.7 Å². The molecule has 1 heterocycles. The van der Waals surface area contributed by atoms with Crippen LogP contribution in [-0.2, 0) is 13.1 Å². The van der Waals surface area contributed by atoms with E-state index in [9.17, 15) is 9.59 Å². The SMILES string of the molecule is CCCCN(CCCNC(=O)Nc1cn(CC(C)C)c(=O)c2ccccc12)Cc1ccccc1. The number of unbranched alkanes of at least 4 members (excludes halogenated alkanes) is 1. The normalized spacial score (nSPS) is 11.3. The summed E-state index contributed by atoms with van der Waals surface area (Å²) >= 11 is 0. The lowest BCUT2D eigenvalue weighted by atomic mass is 10.1. The highest BCUT2D eigenvalue weighted by Gasteiger charge is 2.12. The summed E-state index contributed by atoms with van der Waals surface area (Å²) in [6.07, 6.45) is 4.97. The first-order chi connectivity index (χ1) is 16.5. The third-order valence-electron chi connectivity index (χ3n) is 5.82. The van der Waals surface area contributed by atoms with Gasteiger partial charge in [0, 0.05) is 43.1 Å². The Balaban J connectivity index is 1.58. The Morgan fingerprint density at radius 1 is 0.971 bits per heavy atom. The minimum Gasteiger partial charge on any atom is -0.338 e. The van der Waals surface area contributed by atoms with Gasteiger partial charge in [0.25, 0.3) is 5.56 Å². The summed E-state index contributed by atoms with van der Waals surface area (Å²) in [7, 11) is 0. The van der Waals surface area contributed by atoms with Crippen LogP contribution in [0.3, 0.4) is 0 Å². The van der Waals surface area contributed by atoms with Gasteiger partial charge >= 0.3 is 6.03 Å². The number of carbonyl (C=O) groups is 1. The standard InChI is InChI=1S/C28H38N4O2/c1-4-5-17-31(20-23-12-7-6-8-13-23)18-11-16-29-28(34)30-26-21-32(19-22(2)3)27(33)25-15-10-9-14-24(25)26/h6-10,12-15,21-22H,4-5,11,16-20H2,1-3H3,(H2,29,30,34). The smallest absolute Gasteiger partial charge is 0.319 e. The number of rotatable bonds is 12. The number of nitrogens with one attached hydrogen (secondary N) is 2. The average Bonchev–Trinajstić information content (AvgIpc) is 2.83. The Morgan fingerprint density at radius 2 is 1.65 bits per heavy atom. The Labute approximate surface area is 203 Å². The molecule has 2 amide bonds. The predicted octanol–water partition coefficient (Wildman–Crippen LogP) is 5.47. The summed E-state index contributed by atoms with van der Waals surface area (Å²) in [4.78, 5) is 27.9. The van der Waals surface area contributed by atoms with E-state index >= 15 is 0 Å². The van der Waals surface area contributed by atoms with Crippen LogP contribution in [0.2, 0.25) is 0 Å². The Morgan fingerprint density at radius 3 is 2.35 bits per heavy atom. The van der Waals surface area contributed by atoms with Crippen LogP contribution in [0.5, 0.6) is 0 Å². The number of nitrogens with zero attached hydrogens (tertiary/aromatic N) is 2. The molecule has 6 nitrogen and oxygen atoms in total. The summed E-state index contributed by atoms with van der Waals surface area (Å²) in [5.41, 5.74) is 1.94. The lowest BCUT2D eigenvalue weighted by Crippen LogP contribution is -2.33. The van der Waals surface area contributed by atoms with E-state index in [1.807, 2.05) is 30.3 Å². The monoisotopic (exact) mass is 462 g/mol. The molecule has 0 aliphatic rings. The lowest BCUT2D eigenvalue weighted by molar-refractivity contribution is 0.245. The zero-order valence-corrected chi connectivity index (χ0v) is 20.7. The van der Waals surface area contributed by atoms with Gasteiger partial charge in [0.2, 0.25) is 0 Å². The summed E-state index contributed by atoms with van der Waals surface area (Å²) in [6, 6.07) is 17.7. The molecule has 3 aromatic rings. The van der Waals surface area contributed by atoms with Gasteiger partial charge in [0.15, 0.2) is 0 Å². The third-order valence-corrected chi connectivity index (χ3v) is 5.82. The Bertz CT molecular complexity index is 1110. The summed E-state index contributed by atoms with van der Waals surface area (Å²) in [5.74, 6) is 0.326. The van der Waals surface area contributed by atoms with Gasteiger partial charge in [-0.15, -0.1) is 0 Å². The maximum absolute atomic E-state index is 12.8. The van der Waals surface area contributed by atoms with E-state index in [1.165, 1.54) is 18.4 Å². The number of amides is 2. The number of hydrogen-bond acceptors (Lipinski definition) is 3. The van der Waals surface area contributed by atoms with E-state index in [4.69, 9.17) is 0 Å². The second kappa shape index (κ2) is 12.9. The van der Waals surface area contributed by atoms with Crippen molar-refractivity contribution in [1.82, 2.24) is 14.8 Å². The summed E-state index contributed by atoms with van der Waals surface area (Å²) in [6.45, 7) is 10.5. The molecule has 0 aliphatic carbocycles. The van der Waals surface area contributed by atoms with Crippen molar-refractivity contribution < 1.29 is 4.79 Å². The number of fused-ring (bicyclic) bond motifs is 1. The minimum absolute atomic E-state index is 0.0270. The second-order valence-corrected chi connectivity index (χ2v) is 9.29. The molecule has 0 radical (unpaired) electrons. The highest BCUT2D eigenvalue weighted by molar-refractivity contribution is 6.00. The molecule has 0 unspecified atom stereocenters. The molecule has 182 valence electrons. The van der Waals surface area contributed by atoms with E-state index in [0.29, 0.717) is 30.1 Å². The maximum Gasteiger partial charge on any atom is 0.319 e. The predicted molar refractivity (Wildman–Crippen MR) is 141 cm³/mol. The highest BCUT2D eigenvalue weighted by atomic mass is 16.2. The molecule has 0 atom stereocenters. The van der Waals surface area contributed by atoms with Crippen molar-refractivity contribution in [3.63, 3.8) is 0 Å². The summed E-state index contributed by atoms with van der Waals surface area (Å²) < 4.78 is 1.69. The molecule has 0 saturated heterocycles. The number of aromatic nitrogens is 1. The zero-order chi connectivity index (χ0) is 24.3. The molecule has 1 aromatic heterocycles. The first-order valence-electron chi connectivity index (χ1n) is 12.4. The van der Waals surface area contributed by atoms with Gasteiger partial charge in [-0.05, 0) is 36.9 Å². The van der Waals surface area contributed by atoms with Crippen LogP contribution >= 0.6 is 0 Å². The van der Waals surface area contributed by atoms with Crippen LogP contribution in [0.4, 0.5) is 10.5 Å². The largest absolute Gasteiger partial charge is 0.338 e. The third kappa shape index (κ3) is 7.45. The molecule has 0 aliphatic heterocycles. The Hall–Kier alpha value is -3.12. The molecule has 0 saturated carbocycles. The highest BCUT2D eigenvalue weighted by Crippen LogP contribution is 2.20. The molecule has 6 heteroatoms. The van der Waals surface area contributed by atoms with E-state index in [2.05, 4.69) is 60.6 Å². The van der Waals surface area contributed by atoms with Gasteiger partial charge in [-0.2, -0.15) is 0 Å². The number of benzene rings is 2. The quantitative estimate of drug-likeness (QED) is 0.351. The maximum atomic E-state index is 12.8. The minimum atomic E-state index is -0.247. The fraction of sp³-hybridized carbons (Fsp3) is 0.429. The second-order valence-electron chi connectivity index (χ2n) is 9.29. The number of anilines is 1. The Kier molecular flexibility index (Phi) is 9.71.